The Morgan fingerprint density at radius 1 is 1.17 bits per heavy atom. The molecule has 0 unspecified atom stereocenters. The monoisotopic (exact) mass is 322 g/mol. The molecule has 0 aliphatic heterocycles. The van der Waals surface area contributed by atoms with E-state index in [1.807, 2.05) is 42.5 Å². The van der Waals surface area contributed by atoms with Crippen molar-refractivity contribution in [3.05, 3.63) is 70.9 Å². The maximum Gasteiger partial charge on any atom is 0.271 e. The van der Waals surface area contributed by atoms with E-state index < -0.39 is 0 Å². The number of amides is 1. The van der Waals surface area contributed by atoms with Crippen molar-refractivity contribution >= 4 is 28.4 Å². The summed E-state index contributed by atoms with van der Waals surface area (Å²) in [6, 6.07) is 17.0. The van der Waals surface area contributed by atoms with Crippen LogP contribution in [0.25, 0.3) is 10.9 Å². The van der Waals surface area contributed by atoms with Crippen molar-refractivity contribution in [3.63, 3.8) is 0 Å². The lowest BCUT2D eigenvalue weighted by molar-refractivity contribution is 0.0761. The van der Waals surface area contributed by atoms with Crippen molar-refractivity contribution in [2.24, 2.45) is 0 Å². The summed E-state index contributed by atoms with van der Waals surface area (Å²) in [6.07, 6.45) is 5.42. The van der Waals surface area contributed by atoms with Crippen LogP contribution in [0, 0.1) is 12.3 Å². The molecule has 0 fully saturated rings. The van der Waals surface area contributed by atoms with Gasteiger partial charge >= 0.3 is 0 Å². The Morgan fingerprint density at radius 3 is 2.61 bits per heavy atom. The standard InChI is InChI=1S/C19H15ClN2O/c1-2-11-22(13-14-7-9-16(20)10-8-14)19(23)18-12-15-5-3-4-6-17(15)21-18/h1,3-10,12,21H,11,13H2. The van der Waals surface area contributed by atoms with Crippen molar-refractivity contribution in [2.75, 3.05) is 6.54 Å². The molecule has 0 atom stereocenters. The summed E-state index contributed by atoms with van der Waals surface area (Å²) in [5.74, 6) is 2.43. The number of nitrogens with one attached hydrogen (secondary N) is 1. The number of terminal acetylenes is 1. The third kappa shape index (κ3) is 3.39. The number of fused-ring (bicyclic) bond motifs is 1. The van der Waals surface area contributed by atoms with Gasteiger partial charge in [-0.2, -0.15) is 0 Å². The summed E-state index contributed by atoms with van der Waals surface area (Å²) in [6.45, 7) is 0.687. The molecule has 1 heterocycles. The third-order valence-corrected chi connectivity index (χ3v) is 3.87. The van der Waals surface area contributed by atoms with E-state index in [0.29, 0.717) is 17.3 Å². The first-order chi connectivity index (χ1) is 11.2. The number of para-hydroxylation sites is 1. The molecule has 23 heavy (non-hydrogen) atoms. The zero-order valence-electron chi connectivity index (χ0n) is 12.4. The first kappa shape index (κ1) is 15.2. The van der Waals surface area contributed by atoms with Gasteiger partial charge in [0.15, 0.2) is 0 Å². The van der Waals surface area contributed by atoms with Crippen molar-refractivity contribution < 1.29 is 4.79 Å². The summed E-state index contributed by atoms with van der Waals surface area (Å²) in [4.78, 5) is 17.5. The number of aromatic nitrogens is 1. The largest absolute Gasteiger partial charge is 0.351 e. The number of halogens is 1. The van der Waals surface area contributed by atoms with Crippen LogP contribution in [-0.2, 0) is 6.54 Å². The second-order valence-corrected chi connectivity index (χ2v) is 5.70. The Balaban J connectivity index is 1.86. The maximum absolute atomic E-state index is 12.7. The first-order valence-corrected chi connectivity index (χ1v) is 7.60. The van der Waals surface area contributed by atoms with Gasteiger partial charge in [-0.3, -0.25) is 4.79 Å². The Bertz CT molecular complexity index is 841. The summed E-state index contributed by atoms with van der Waals surface area (Å²) in [5.41, 5.74) is 2.45. The van der Waals surface area contributed by atoms with E-state index in [4.69, 9.17) is 18.0 Å². The topological polar surface area (TPSA) is 36.1 Å². The molecule has 0 radical (unpaired) electrons. The SMILES string of the molecule is C#CCN(Cc1ccc(Cl)cc1)C(=O)c1cc2ccccc2[nH]1. The van der Waals surface area contributed by atoms with Gasteiger partial charge in [-0.25, -0.2) is 0 Å². The van der Waals surface area contributed by atoms with E-state index in [1.165, 1.54) is 0 Å². The van der Waals surface area contributed by atoms with E-state index in [-0.39, 0.29) is 12.5 Å². The normalized spacial score (nSPS) is 10.4. The minimum Gasteiger partial charge on any atom is -0.351 e. The zero-order valence-corrected chi connectivity index (χ0v) is 13.2. The second kappa shape index (κ2) is 6.60. The number of benzene rings is 2. The number of nitrogens with zero attached hydrogens (tertiary/aromatic N) is 1. The van der Waals surface area contributed by atoms with Crippen LogP contribution in [0.1, 0.15) is 16.1 Å². The van der Waals surface area contributed by atoms with Crippen molar-refractivity contribution in [1.29, 1.82) is 0 Å². The number of aromatic amines is 1. The number of hydrogen-bond acceptors (Lipinski definition) is 1. The van der Waals surface area contributed by atoms with Crippen LogP contribution >= 0.6 is 11.6 Å². The van der Waals surface area contributed by atoms with Crippen LogP contribution in [0.3, 0.4) is 0 Å². The molecule has 1 N–H and O–H groups in total. The Labute approximate surface area is 139 Å². The third-order valence-electron chi connectivity index (χ3n) is 3.62. The molecule has 4 heteroatoms. The Kier molecular flexibility index (Phi) is 4.36. The van der Waals surface area contributed by atoms with Gasteiger partial charge in [0, 0.05) is 22.5 Å². The first-order valence-electron chi connectivity index (χ1n) is 7.22. The molecule has 1 aromatic heterocycles. The fourth-order valence-electron chi connectivity index (χ4n) is 2.48. The highest BCUT2D eigenvalue weighted by Gasteiger charge is 2.17. The Morgan fingerprint density at radius 2 is 1.91 bits per heavy atom. The molecule has 1 amide bonds. The fourth-order valence-corrected chi connectivity index (χ4v) is 2.60. The van der Waals surface area contributed by atoms with Crippen molar-refractivity contribution in [2.45, 2.75) is 6.54 Å². The number of carbonyl (C=O) groups excluding carboxylic acids is 1. The predicted molar refractivity (Wildman–Crippen MR) is 93.3 cm³/mol. The molecule has 3 aromatic rings. The van der Waals surface area contributed by atoms with E-state index in [0.717, 1.165) is 16.5 Å². The van der Waals surface area contributed by atoms with E-state index in [9.17, 15) is 4.79 Å². The summed E-state index contributed by atoms with van der Waals surface area (Å²) in [5, 5.41) is 1.67. The van der Waals surface area contributed by atoms with Gasteiger partial charge in [0.25, 0.3) is 5.91 Å². The summed E-state index contributed by atoms with van der Waals surface area (Å²) in [7, 11) is 0. The van der Waals surface area contributed by atoms with Gasteiger partial charge in [0.2, 0.25) is 0 Å². The number of rotatable bonds is 4. The van der Waals surface area contributed by atoms with Crippen LogP contribution in [-0.4, -0.2) is 22.3 Å². The molecule has 3 nitrogen and oxygen atoms in total. The highest BCUT2D eigenvalue weighted by atomic mass is 35.5. The van der Waals surface area contributed by atoms with Crippen molar-refractivity contribution in [3.8, 4) is 12.3 Å². The van der Waals surface area contributed by atoms with Crippen LogP contribution in [0.4, 0.5) is 0 Å². The predicted octanol–water partition coefficient (Wildman–Crippen LogP) is 4.10. The molecule has 0 aliphatic carbocycles. The molecule has 0 aliphatic rings. The maximum atomic E-state index is 12.7. The number of hydrogen-bond donors (Lipinski definition) is 1. The molecule has 114 valence electrons. The molecular formula is C19H15ClN2O. The summed E-state index contributed by atoms with van der Waals surface area (Å²) < 4.78 is 0. The molecule has 0 saturated carbocycles. The quantitative estimate of drug-likeness (QED) is 0.721. The smallest absolute Gasteiger partial charge is 0.271 e. The minimum absolute atomic E-state index is 0.117. The average molecular weight is 323 g/mol. The zero-order chi connectivity index (χ0) is 16.2. The summed E-state index contributed by atoms with van der Waals surface area (Å²) >= 11 is 5.90. The minimum atomic E-state index is -0.117. The number of carbonyl (C=O) groups is 1. The van der Waals surface area contributed by atoms with Gasteiger partial charge < -0.3 is 9.88 Å². The molecule has 0 saturated heterocycles. The van der Waals surface area contributed by atoms with E-state index >= 15 is 0 Å². The second-order valence-electron chi connectivity index (χ2n) is 5.26. The lowest BCUT2D eigenvalue weighted by Crippen LogP contribution is -2.31. The highest BCUT2D eigenvalue weighted by molar-refractivity contribution is 6.30. The fraction of sp³-hybridized carbons (Fsp3) is 0.105. The highest BCUT2D eigenvalue weighted by Crippen LogP contribution is 2.17. The van der Waals surface area contributed by atoms with E-state index in [2.05, 4.69) is 10.9 Å². The average Bonchev–Trinajstić information content (AvgIpc) is 3.00. The van der Waals surface area contributed by atoms with Gasteiger partial charge in [0.1, 0.15) is 5.69 Å². The lowest BCUT2D eigenvalue weighted by atomic mass is 10.2. The van der Waals surface area contributed by atoms with Crippen LogP contribution in [0.5, 0.6) is 0 Å². The van der Waals surface area contributed by atoms with Crippen LogP contribution in [0.2, 0.25) is 5.02 Å². The van der Waals surface area contributed by atoms with Gasteiger partial charge in [-0.15, -0.1) is 6.42 Å². The Hall–Kier alpha value is -2.70. The van der Waals surface area contributed by atoms with Gasteiger partial charge in [-0.1, -0.05) is 47.9 Å². The van der Waals surface area contributed by atoms with Crippen LogP contribution < -0.4 is 0 Å². The van der Waals surface area contributed by atoms with Crippen molar-refractivity contribution in [1.82, 2.24) is 9.88 Å². The molecule has 3 rings (SSSR count). The molecule has 0 spiro atoms. The van der Waals surface area contributed by atoms with E-state index in [1.54, 1.807) is 17.0 Å². The van der Waals surface area contributed by atoms with Crippen LogP contribution in [0.15, 0.2) is 54.6 Å². The lowest BCUT2D eigenvalue weighted by Gasteiger charge is -2.19. The molecular weight excluding hydrogens is 308 g/mol. The number of H-pyrrole nitrogens is 1. The molecule has 2 aromatic carbocycles. The van der Waals surface area contributed by atoms with Gasteiger partial charge in [-0.05, 0) is 29.8 Å². The molecule has 0 bridgehead atoms. The van der Waals surface area contributed by atoms with Gasteiger partial charge in [0.05, 0.1) is 6.54 Å².